The van der Waals surface area contributed by atoms with E-state index in [9.17, 15) is 0 Å². The average Bonchev–Trinajstić information content (AvgIpc) is 2.38. The van der Waals surface area contributed by atoms with Gasteiger partial charge in [0.25, 0.3) is 0 Å². The SMILES string of the molecule is CC(C)(C)c1ccc(C(Br)C2CCCCO2)cc1. The number of rotatable bonds is 2. The molecule has 18 heavy (non-hydrogen) atoms. The molecule has 0 N–H and O–H groups in total. The highest BCUT2D eigenvalue weighted by Gasteiger charge is 2.24. The van der Waals surface area contributed by atoms with E-state index >= 15 is 0 Å². The zero-order chi connectivity index (χ0) is 13.2. The van der Waals surface area contributed by atoms with Crippen molar-refractivity contribution >= 4 is 15.9 Å². The molecular weight excluding hydrogens is 288 g/mol. The van der Waals surface area contributed by atoms with E-state index in [1.54, 1.807) is 0 Å². The number of hydrogen-bond acceptors (Lipinski definition) is 1. The van der Waals surface area contributed by atoms with Crippen molar-refractivity contribution in [3.8, 4) is 0 Å². The lowest BCUT2D eigenvalue weighted by Crippen LogP contribution is -2.23. The summed E-state index contributed by atoms with van der Waals surface area (Å²) < 4.78 is 5.84. The maximum absolute atomic E-state index is 5.84. The van der Waals surface area contributed by atoms with E-state index in [2.05, 4.69) is 61.0 Å². The van der Waals surface area contributed by atoms with E-state index in [1.807, 2.05) is 0 Å². The molecule has 1 heterocycles. The molecule has 100 valence electrons. The number of hydrogen-bond donors (Lipinski definition) is 0. The fourth-order valence-electron chi connectivity index (χ4n) is 2.38. The van der Waals surface area contributed by atoms with Crippen LogP contribution in [0, 0.1) is 0 Å². The first-order valence-electron chi connectivity index (χ1n) is 6.84. The first-order chi connectivity index (χ1) is 8.48. The Labute approximate surface area is 119 Å². The van der Waals surface area contributed by atoms with Crippen LogP contribution in [0.5, 0.6) is 0 Å². The number of halogens is 1. The van der Waals surface area contributed by atoms with Gasteiger partial charge < -0.3 is 4.74 Å². The number of benzene rings is 1. The minimum atomic E-state index is 0.224. The Balaban J connectivity index is 2.09. The van der Waals surface area contributed by atoms with Crippen molar-refractivity contribution in [2.24, 2.45) is 0 Å². The molecule has 2 atom stereocenters. The largest absolute Gasteiger partial charge is 0.377 e. The lowest BCUT2D eigenvalue weighted by Gasteiger charge is -2.27. The Morgan fingerprint density at radius 3 is 2.33 bits per heavy atom. The van der Waals surface area contributed by atoms with E-state index in [0.29, 0.717) is 10.9 Å². The van der Waals surface area contributed by atoms with Gasteiger partial charge in [0.1, 0.15) is 0 Å². The van der Waals surface area contributed by atoms with Gasteiger partial charge in [-0.15, -0.1) is 0 Å². The highest BCUT2D eigenvalue weighted by atomic mass is 79.9. The lowest BCUT2D eigenvalue weighted by molar-refractivity contribution is 0.0160. The molecule has 0 aromatic heterocycles. The fraction of sp³-hybridized carbons (Fsp3) is 0.625. The van der Waals surface area contributed by atoms with Crippen molar-refractivity contribution in [3.63, 3.8) is 0 Å². The van der Waals surface area contributed by atoms with Crippen molar-refractivity contribution in [1.29, 1.82) is 0 Å². The second kappa shape index (κ2) is 5.75. The highest BCUT2D eigenvalue weighted by molar-refractivity contribution is 9.09. The predicted molar refractivity (Wildman–Crippen MR) is 80.4 cm³/mol. The molecule has 1 aromatic carbocycles. The van der Waals surface area contributed by atoms with Crippen LogP contribution in [0.15, 0.2) is 24.3 Å². The Morgan fingerprint density at radius 2 is 1.83 bits per heavy atom. The van der Waals surface area contributed by atoms with Gasteiger partial charge in [0.05, 0.1) is 10.9 Å². The van der Waals surface area contributed by atoms with Crippen molar-refractivity contribution in [3.05, 3.63) is 35.4 Å². The summed E-state index contributed by atoms with van der Waals surface area (Å²) in [4.78, 5) is 0.326. The molecule has 1 fully saturated rings. The van der Waals surface area contributed by atoms with Crippen LogP contribution in [-0.2, 0) is 10.2 Å². The lowest BCUT2D eigenvalue weighted by atomic mass is 9.86. The molecule has 1 aliphatic heterocycles. The first-order valence-corrected chi connectivity index (χ1v) is 7.76. The summed E-state index contributed by atoms with van der Waals surface area (Å²) in [5.41, 5.74) is 2.94. The predicted octanol–water partition coefficient (Wildman–Crippen LogP) is 4.99. The molecule has 0 aliphatic carbocycles. The molecule has 0 radical (unpaired) electrons. The molecule has 1 saturated heterocycles. The molecule has 0 amide bonds. The van der Waals surface area contributed by atoms with E-state index in [1.165, 1.54) is 24.0 Å². The smallest absolute Gasteiger partial charge is 0.0740 e. The zero-order valence-electron chi connectivity index (χ0n) is 11.6. The summed E-state index contributed by atoms with van der Waals surface area (Å²) in [6, 6.07) is 8.95. The average molecular weight is 311 g/mol. The van der Waals surface area contributed by atoms with Crippen LogP contribution in [0.1, 0.15) is 56.0 Å². The van der Waals surface area contributed by atoms with Crippen LogP contribution in [0.2, 0.25) is 0 Å². The van der Waals surface area contributed by atoms with Crippen LogP contribution < -0.4 is 0 Å². The van der Waals surface area contributed by atoms with Crippen LogP contribution in [-0.4, -0.2) is 12.7 Å². The van der Waals surface area contributed by atoms with Crippen molar-refractivity contribution in [2.75, 3.05) is 6.61 Å². The number of alkyl halides is 1. The second-order valence-electron chi connectivity index (χ2n) is 6.18. The molecule has 1 aromatic rings. The van der Waals surface area contributed by atoms with Crippen LogP contribution >= 0.6 is 15.9 Å². The van der Waals surface area contributed by atoms with Gasteiger partial charge in [0.2, 0.25) is 0 Å². The Bertz CT molecular complexity index is 371. The molecule has 0 saturated carbocycles. The monoisotopic (exact) mass is 310 g/mol. The Hall–Kier alpha value is -0.340. The molecular formula is C16H23BrO. The normalized spacial score (nSPS) is 22.8. The van der Waals surface area contributed by atoms with E-state index < -0.39 is 0 Å². The summed E-state index contributed by atoms with van der Waals surface area (Å²) in [7, 11) is 0. The maximum Gasteiger partial charge on any atom is 0.0740 e. The first kappa shape index (κ1) is 14.1. The third-order valence-corrected chi connectivity index (χ3v) is 4.75. The van der Waals surface area contributed by atoms with Crippen molar-refractivity contribution < 1.29 is 4.74 Å². The topological polar surface area (TPSA) is 9.23 Å². The van der Waals surface area contributed by atoms with Gasteiger partial charge in [-0.05, 0) is 35.8 Å². The summed E-state index contributed by atoms with van der Waals surface area (Å²) in [6.07, 6.45) is 3.99. The molecule has 1 aliphatic rings. The Kier molecular flexibility index (Phi) is 4.50. The van der Waals surface area contributed by atoms with Gasteiger partial charge in [0.15, 0.2) is 0 Å². The fourth-order valence-corrected chi connectivity index (χ4v) is 3.10. The van der Waals surface area contributed by atoms with E-state index in [-0.39, 0.29) is 5.41 Å². The summed E-state index contributed by atoms with van der Waals surface area (Å²) in [5.74, 6) is 0. The molecule has 2 unspecified atom stereocenters. The van der Waals surface area contributed by atoms with Gasteiger partial charge in [-0.3, -0.25) is 0 Å². The van der Waals surface area contributed by atoms with Crippen molar-refractivity contribution in [2.45, 2.75) is 56.4 Å². The van der Waals surface area contributed by atoms with Gasteiger partial charge in [-0.1, -0.05) is 61.0 Å². The van der Waals surface area contributed by atoms with E-state index in [4.69, 9.17) is 4.74 Å². The van der Waals surface area contributed by atoms with Gasteiger partial charge >= 0.3 is 0 Å². The van der Waals surface area contributed by atoms with Crippen LogP contribution in [0.25, 0.3) is 0 Å². The molecule has 2 heteroatoms. The summed E-state index contributed by atoms with van der Waals surface area (Å²) in [6.45, 7) is 7.65. The van der Waals surface area contributed by atoms with Crippen LogP contribution in [0.3, 0.4) is 0 Å². The van der Waals surface area contributed by atoms with Crippen molar-refractivity contribution in [1.82, 2.24) is 0 Å². The number of ether oxygens (including phenoxy) is 1. The molecule has 1 nitrogen and oxygen atoms in total. The molecule has 0 bridgehead atoms. The minimum absolute atomic E-state index is 0.224. The summed E-state index contributed by atoms with van der Waals surface area (Å²) in [5, 5.41) is 0. The Morgan fingerprint density at radius 1 is 1.17 bits per heavy atom. The van der Waals surface area contributed by atoms with Gasteiger partial charge in [-0.25, -0.2) is 0 Å². The maximum atomic E-state index is 5.84. The summed E-state index contributed by atoms with van der Waals surface area (Å²) >= 11 is 3.80. The molecule has 2 rings (SSSR count). The standard InChI is InChI=1S/C16H23BrO/c1-16(2,3)13-9-7-12(8-10-13)15(17)14-6-4-5-11-18-14/h7-10,14-15H,4-6,11H2,1-3H3. The van der Waals surface area contributed by atoms with Gasteiger partial charge in [-0.2, -0.15) is 0 Å². The zero-order valence-corrected chi connectivity index (χ0v) is 13.2. The van der Waals surface area contributed by atoms with E-state index in [0.717, 1.165) is 13.0 Å². The minimum Gasteiger partial charge on any atom is -0.377 e. The van der Waals surface area contributed by atoms with Crippen LogP contribution in [0.4, 0.5) is 0 Å². The third-order valence-electron chi connectivity index (χ3n) is 3.64. The third kappa shape index (κ3) is 3.36. The van der Waals surface area contributed by atoms with Gasteiger partial charge in [0, 0.05) is 6.61 Å². The highest BCUT2D eigenvalue weighted by Crippen LogP contribution is 2.34. The molecule has 0 spiro atoms. The second-order valence-corrected chi connectivity index (χ2v) is 7.17. The quantitative estimate of drug-likeness (QED) is 0.699.